The second kappa shape index (κ2) is 8.98. The Morgan fingerprint density at radius 3 is 2.64 bits per heavy atom. The summed E-state index contributed by atoms with van der Waals surface area (Å²) >= 11 is 0. The normalized spacial score (nSPS) is 14.7. The van der Waals surface area contributed by atoms with Crippen molar-refractivity contribution in [2.75, 3.05) is 20.3 Å². The van der Waals surface area contributed by atoms with Crippen molar-refractivity contribution in [2.45, 2.75) is 39.2 Å². The van der Waals surface area contributed by atoms with Crippen molar-refractivity contribution in [2.24, 2.45) is 5.92 Å². The molecule has 3 heteroatoms. The third kappa shape index (κ3) is 6.88. The Morgan fingerprint density at radius 1 is 1.43 bits per heavy atom. The smallest absolute Gasteiger partial charge is 0.0972 e. The maximum atomic E-state index is 8.65. The van der Waals surface area contributed by atoms with Crippen molar-refractivity contribution in [3.8, 4) is 6.07 Å². The van der Waals surface area contributed by atoms with Crippen LogP contribution < -0.4 is 5.32 Å². The largest absolute Gasteiger partial charge is 0.381 e. The highest BCUT2D eigenvalue weighted by atomic mass is 16.5. The minimum absolute atomic E-state index is 0.0727. The third-order valence-electron chi connectivity index (χ3n) is 2.24. The molecular weight excluding hydrogens is 176 g/mol. The van der Waals surface area contributed by atoms with Crippen LogP contribution in [-0.4, -0.2) is 26.3 Å². The van der Waals surface area contributed by atoms with Crippen molar-refractivity contribution in [3.05, 3.63) is 0 Å². The van der Waals surface area contributed by atoms with Gasteiger partial charge < -0.3 is 10.1 Å². The molecule has 82 valence electrons. The first-order valence-corrected chi connectivity index (χ1v) is 5.39. The Kier molecular flexibility index (Phi) is 8.61. The lowest BCUT2D eigenvalue weighted by Crippen LogP contribution is -2.25. The molecule has 14 heavy (non-hydrogen) atoms. The van der Waals surface area contributed by atoms with Crippen LogP contribution in [0.2, 0.25) is 0 Å². The van der Waals surface area contributed by atoms with Crippen LogP contribution in [0.15, 0.2) is 0 Å². The maximum absolute atomic E-state index is 8.65. The number of hydrogen-bond acceptors (Lipinski definition) is 3. The lowest BCUT2D eigenvalue weighted by Gasteiger charge is -2.12. The second-order valence-electron chi connectivity index (χ2n) is 3.73. The number of nitrogens with one attached hydrogen (secondary N) is 1. The maximum Gasteiger partial charge on any atom is 0.0972 e. The van der Waals surface area contributed by atoms with Crippen LogP contribution in [0, 0.1) is 17.2 Å². The van der Waals surface area contributed by atoms with Crippen LogP contribution in [0.4, 0.5) is 0 Å². The molecule has 0 saturated carbocycles. The summed E-state index contributed by atoms with van der Waals surface area (Å²) in [6.07, 6.45) is 3.20. The molecule has 0 rings (SSSR count). The van der Waals surface area contributed by atoms with Gasteiger partial charge in [-0.15, -0.1) is 0 Å². The van der Waals surface area contributed by atoms with Crippen molar-refractivity contribution in [1.82, 2.24) is 5.32 Å². The van der Waals surface area contributed by atoms with Gasteiger partial charge in [0.05, 0.1) is 12.1 Å². The molecule has 0 saturated heterocycles. The van der Waals surface area contributed by atoms with E-state index in [1.54, 1.807) is 7.05 Å². The molecule has 0 radical (unpaired) electrons. The van der Waals surface area contributed by atoms with Gasteiger partial charge in [-0.25, -0.2) is 0 Å². The molecule has 0 spiro atoms. The second-order valence-corrected chi connectivity index (χ2v) is 3.73. The summed E-state index contributed by atoms with van der Waals surface area (Å²) in [4.78, 5) is 0. The molecule has 1 N–H and O–H groups in total. The van der Waals surface area contributed by atoms with Crippen molar-refractivity contribution >= 4 is 0 Å². The van der Waals surface area contributed by atoms with E-state index in [-0.39, 0.29) is 6.04 Å². The number of rotatable bonds is 8. The van der Waals surface area contributed by atoms with Crippen molar-refractivity contribution < 1.29 is 4.74 Å². The van der Waals surface area contributed by atoms with Gasteiger partial charge in [-0.05, 0) is 25.8 Å². The first-order chi connectivity index (χ1) is 6.74. The van der Waals surface area contributed by atoms with Gasteiger partial charge in [-0.1, -0.05) is 20.3 Å². The minimum Gasteiger partial charge on any atom is -0.381 e. The van der Waals surface area contributed by atoms with E-state index in [1.807, 2.05) is 0 Å². The van der Waals surface area contributed by atoms with E-state index >= 15 is 0 Å². The molecule has 0 heterocycles. The molecule has 0 aliphatic rings. The summed E-state index contributed by atoms with van der Waals surface area (Å²) in [6, 6.07) is 2.10. The topological polar surface area (TPSA) is 45.0 Å². The average Bonchev–Trinajstić information content (AvgIpc) is 2.19. The lowest BCUT2D eigenvalue weighted by molar-refractivity contribution is 0.0971. The van der Waals surface area contributed by atoms with Gasteiger partial charge in [0.1, 0.15) is 0 Å². The molecule has 0 fully saturated rings. The Labute approximate surface area is 87.4 Å². The van der Waals surface area contributed by atoms with Gasteiger partial charge in [0, 0.05) is 13.2 Å². The Balaban J connectivity index is 3.33. The predicted molar refractivity (Wildman–Crippen MR) is 58.0 cm³/mol. The number of nitriles is 1. The monoisotopic (exact) mass is 198 g/mol. The molecule has 0 aromatic carbocycles. The van der Waals surface area contributed by atoms with Crippen LogP contribution in [-0.2, 0) is 4.74 Å². The highest BCUT2D eigenvalue weighted by Crippen LogP contribution is 2.05. The van der Waals surface area contributed by atoms with Crippen molar-refractivity contribution in [1.29, 1.82) is 5.26 Å². The van der Waals surface area contributed by atoms with E-state index in [0.29, 0.717) is 12.5 Å². The molecular formula is C11H22N2O. The van der Waals surface area contributed by atoms with E-state index in [9.17, 15) is 0 Å². The molecule has 2 unspecified atom stereocenters. The molecule has 0 aromatic rings. The van der Waals surface area contributed by atoms with E-state index in [1.165, 1.54) is 12.8 Å². The molecule has 2 atom stereocenters. The molecule has 0 aliphatic carbocycles. The number of hydrogen-bond donors (Lipinski definition) is 1. The first-order valence-electron chi connectivity index (χ1n) is 5.39. The van der Waals surface area contributed by atoms with Gasteiger partial charge in [0.2, 0.25) is 0 Å². The van der Waals surface area contributed by atoms with E-state index in [2.05, 4.69) is 25.2 Å². The van der Waals surface area contributed by atoms with Crippen molar-refractivity contribution in [3.63, 3.8) is 0 Å². The summed E-state index contributed by atoms with van der Waals surface area (Å²) in [7, 11) is 1.80. The fraction of sp³-hybridized carbons (Fsp3) is 0.909. The van der Waals surface area contributed by atoms with Crippen LogP contribution in [0.5, 0.6) is 0 Å². The Bertz CT molecular complexity index is 165. The highest BCUT2D eigenvalue weighted by molar-refractivity contribution is 4.87. The summed E-state index contributed by atoms with van der Waals surface area (Å²) in [6.45, 7) is 5.87. The zero-order valence-corrected chi connectivity index (χ0v) is 9.55. The van der Waals surface area contributed by atoms with Crippen LogP contribution >= 0.6 is 0 Å². The Morgan fingerprint density at radius 2 is 2.14 bits per heavy atom. The van der Waals surface area contributed by atoms with Crippen LogP contribution in [0.25, 0.3) is 0 Å². The molecule has 0 amide bonds. The van der Waals surface area contributed by atoms with E-state index in [4.69, 9.17) is 10.00 Å². The van der Waals surface area contributed by atoms with Gasteiger partial charge in [-0.2, -0.15) is 5.26 Å². The summed E-state index contributed by atoms with van der Waals surface area (Å²) in [5.74, 6) is 0.634. The fourth-order valence-electron chi connectivity index (χ4n) is 1.34. The number of nitrogens with zero attached hydrogens (tertiary/aromatic N) is 1. The third-order valence-corrected chi connectivity index (χ3v) is 2.24. The van der Waals surface area contributed by atoms with Gasteiger partial charge in [0.25, 0.3) is 0 Å². The molecule has 0 bridgehead atoms. The average molecular weight is 198 g/mol. The lowest BCUT2D eigenvalue weighted by atomic mass is 10.1. The quantitative estimate of drug-likeness (QED) is 0.606. The van der Waals surface area contributed by atoms with Crippen LogP contribution in [0.1, 0.15) is 33.1 Å². The Hall–Kier alpha value is -0.590. The van der Waals surface area contributed by atoms with E-state index < -0.39 is 0 Å². The predicted octanol–water partition coefficient (Wildman–Crippen LogP) is 1.94. The zero-order chi connectivity index (χ0) is 10.8. The number of ether oxygens (including phenoxy) is 1. The summed E-state index contributed by atoms with van der Waals surface area (Å²) in [5, 5.41) is 11.6. The molecule has 0 aromatic heterocycles. The standard InChI is InChI=1S/C11H22N2O/c1-4-5-10(2)9-14-7-6-11(8-12)13-3/h10-11,13H,4-7,9H2,1-3H3. The van der Waals surface area contributed by atoms with Gasteiger partial charge in [-0.3, -0.25) is 0 Å². The van der Waals surface area contributed by atoms with E-state index in [0.717, 1.165) is 13.0 Å². The van der Waals surface area contributed by atoms with Crippen LogP contribution in [0.3, 0.4) is 0 Å². The molecule has 0 aliphatic heterocycles. The fourth-order valence-corrected chi connectivity index (χ4v) is 1.34. The zero-order valence-electron chi connectivity index (χ0n) is 9.55. The SMILES string of the molecule is CCCC(C)COCCC(C#N)NC. The molecule has 3 nitrogen and oxygen atoms in total. The highest BCUT2D eigenvalue weighted by Gasteiger charge is 2.04. The van der Waals surface area contributed by atoms with Gasteiger partial charge >= 0.3 is 0 Å². The minimum atomic E-state index is -0.0727. The summed E-state index contributed by atoms with van der Waals surface area (Å²) < 4.78 is 5.49. The van der Waals surface area contributed by atoms with Gasteiger partial charge in [0.15, 0.2) is 0 Å². The first kappa shape index (κ1) is 13.4. The summed E-state index contributed by atoms with van der Waals surface area (Å²) in [5.41, 5.74) is 0.